The Labute approximate surface area is 89.8 Å². The zero-order valence-electron chi connectivity index (χ0n) is 9.07. The van der Waals surface area contributed by atoms with E-state index in [9.17, 15) is 0 Å². The highest BCUT2D eigenvalue weighted by Gasteiger charge is 2.02. The number of benzene rings is 1. The van der Waals surface area contributed by atoms with Crippen molar-refractivity contribution in [2.24, 2.45) is 0 Å². The summed E-state index contributed by atoms with van der Waals surface area (Å²) in [6.07, 6.45) is 3.89. The molecule has 0 saturated heterocycles. The first-order chi connectivity index (χ1) is 7.31. The van der Waals surface area contributed by atoms with Gasteiger partial charge in [0.05, 0.1) is 17.7 Å². The Morgan fingerprint density at radius 2 is 2.13 bits per heavy atom. The molecule has 78 valence electrons. The van der Waals surface area contributed by atoms with E-state index in [1.165, 1.54) is 11.3 Å². The Hall–Kier alpha value is -1.61. The lowest BCUT2D eigenvalue weighted by Gasteiger charge is -2.09. The number of para-hydroxylation sites is 1. The second kappa shape index (κ2) is 4.28. The van der Waals surface area contributed by atoms with Gasteiger partial charge in [-0.3, -0.25) is 0 Å². The highest BCUT2D eigenvalue weighted by molar-refractivity contribution is 5.41. The van der Waals surface area contributed by atoms with E-state index in [0.29, 0.717) is 0 Å². The highest BCUT2D eigenvalue weighted by Crippen LogP contribution is 2.14. The van der Waals surface area contributed by atoms with Crippen molar-refractivity contribution in [2.45, 2.75) is 13.5 Å². The zero-order valence-corrected chi connectivity index (χ0v) is 9.07. The first-order valence-corrected chi connectivity index (χ1v) is 5.04. The van der Waals surface area contributed by atoms with Crippen molar-refractivity contribution in [1.29, 1.82) is 0 Å². The molecule has 0 fully saturated rings. The van der Waals surface area contributed by atoms with Crippen LogP contribution in [-0.4, -0.2) is 16.6 Å². The van der Waals surface area contributed by atoms with Gasteiger partial charge in [0.15, 0.2) is 0 Å². The Morgan fingerprint density at radius 1 is 1.33 bits per heavy atom. The van der Waals surface area contributed by atoms with Gasteiger partial charge in [0.25, 0.3) is 0 Å². The molecule has 0 saturated carbocycles. The van der Waals surface area contributed by atoms with Crippen molar-refractivity contribution >= 4 is 0 Å². The fourth-order valence-electron chi connectivity index (χ4n) is 1.66. The molecular formula is C12H15N3. The van der Waals surface area contributed by atoms with Crippen LogP contribution in [0, 0.1) is 6.92 Å². The normalized spacial score (nSPS) is 10.5. The van der Waals surface area contributed by atoms with Crippen LogP contribution in [0.15, 0.2) is 36.8 Å². The van der Waals surface area contributed by atoms with Crippen molar-refractivity contribution < 1.29 is 0 Å². The van der Waals surface area contributed by atoms with E-state index in [2.05, 4.69) is 33.1 Å². The SMILES string of the molecule is CNCc1ccccc1-n1cnc(C)c1. The van der Waals surface area contributed by atoms with Crippen LogP contribution in [0.2, 0.25) is 0 Å². The highest BCUT2D eigenvalue weighted by atomic mass is 15.0. The molecule has 0 unspecified atom stereocenters. The van der Waals surface area contributed by atoms with Crippen LogP contribution in [-0.2, 0) is 6.54 Å². The van der Waals surface area contributed by atoms with Gasteiger partial charge in [0, 0.05) is 12.7 Å². The van der Waals surface area contributed by atoms with E-state index in [1.54, 1.807) is 0 Å². The number of nitrogens with zero attached hydrogens (tertiary/aromatic N) is 2. The summed E-state index contributed by atoms with van der Waals surface area (Å²) in [4.78, 5) is 4.24. The molecule has 0 spiro atoms. The maximum absolute atomic E-state index is 4.24. The third-order valence-corrected chi connectivity index (χ3v) is 2.35. The van der Waals surface area contributed by atoms with Gasteiger partial charge in [0.2, 0.25) is 0 Å². The van der Waals surface area contributed by atoms with Gasteiger partial charge in [0.1, 0.15) is 0 Å². The van der Waals surface area contributed by atoms with Crippen LogP contribution in [0.5, 0.6) is 0 Å². The lowest BCUT2D eigenvalue weighted by atomic mass is 10.2. The van der Waals surface area contributed by atoms with Crippen LogP contribution < -0.4 is 5.32 Å². The minimum absolute atomic E-state index is 0.868. The van der Waals surface area contributed by atoms with Gasteiger partial charge < -0.3 is 9.88 Å². The summed E-state index contributed by atoms with van der Waals surface area (Å²) in [5, 5.41) is 3.17. The third kappa shape index (κ3) is 2.07. The second-order valence-corrected chi connectivity index (χ2v) is 3.58. The van der Waals surface area contributed by atoms with Gasteiger partial charge in [-0.2, -0.15) is 0 Å². The predicted octanol–water partition coefficient (Wildman–Crippen LogP) is 1.90. The van der Waals surface area contributed by atoms with Gasteiger partial charge in [-0.05, 0) is 25.6 Å². The van der Waals surface area contributed by atoms with Crippen LogP contribution >= 0.6 is 0 Å². The Morgan fingerprint density at radius 3 is 2.80 bits per heavy atom. The molecule has 1 aromatic heterocycles. The minimum atomic E-state index is 0.868. The van der Waals surface area contributed by atoms with E-state index in [0.717, 1.165) is 12.2 Å². The Kier molecular flexibility index (Phi) is 2.83. The predicted molar refractivity (Wildman–Crippen MR) is 61.1 cm³/mol. The number of hydrogen-bond donors (Lipinski definition) is 1. The first-order valence-electron chi connectivity index (χ1n) is 5.04. The summed E-state index contributed by atoms with van der Waals surface area (Å²) in [7, 11) is 1.95. The summed E-state index contributed by atoms with van der Waals surface area (Å²) >= 11 is 0. The second-order valence-electron chi connectivity index (χ2n) is 3.58. The lowest BCUT2D eigenvalue weighted by molar-refractivity contribution is 0.807. The fourth-order valence-corrected chi connectivity index (χ4v) is 1.66. The monoisotopic (exact) mass is 201 g/mol. The lowest BCUT2D eigenvalue weighted by Crippen LogP contribution is -2.08. The number of imidazole rings is 1. The van der Waals surface area contributed by atoms with Crippen LogP contribution in [0.1, 0.15) is 11.3 Å². The van der Waals surface area contributed by atoms with Crippen molar-refractivity contribution in [3.05, 3.63) is 48.0 Å². The number of hydrogen-bond acceptors (Lipinski definition) is 2. The zero-order chi connectivity index (χ0) is 10.7. The number of aryl methyl sites for hydroxylation is 1. The molecule has 0 aliphatic rings. The topological polar surface area (TPSA) is 29.9 Å². The minimum Gasteiger partial charge on any atom is -0.316 e. The Balaban J connectivity index is 2.42. The standard InChI is InChI=1S/C12H15N3/c1-10-8-15(9-14-10)12-6-4-3-5-11(12)7-13-2/h3-6,8-9,13H,7H2,1-2H3. The maximum Gasteiger partial charge on any atom is 0.0995 e. The summed E-state index contributed by atoms with van der Waals surface area (Å²) in [6.45, 7) is 2.87. The molecule has 3 nitrogen and oxygen atoms in total. The Bertz CT molecular complexity index is 446. The molecule has 3 heteroatoms. The summed E-state index contributed by atoms with van der Waals surface area (Å²) < 4.78 is 2.06. The van der Waals surface area contributed by atoms with E-state index in [1.807, 2.05) is 32.6 Å². The number of nitrogens with one attached hydrogen (secondary N) is 1. The van der Waals surface area contributed by atoms with E-state index in [4.69, 9.17) is 0 Å². The van der Waals surface area contributed by atoms with E-state index < -0.39 is 0 Å². The maximum atomic E-state index is 4.24. The van der Waals surface area contributed by atoms with Gasteiger partial charge in [-0.15, -0.1) is 0 Å². The summed E-state index contributed by atoms with van der Waals surface area (Å²) in [6, 6.07) is 8.33. The molecule has 1 aromatic carbocycles. The molecule has 1 N–H and O–H groups in total. The van der Waals surface area contributed by atoms with Gasteiger partial charge in [-0.1, -0.05) is 18.2 Å². The molecule has 0 bridgehead atoms. The van der Waals surface area contributed by atoms with Crippen molar-refractivity contribution in [2.75, 3.05) is 7.05 Å². The molecule has 0 aliphatic heterocycles. The summed E-state index contributed by atoms with van der Waals surface area (Å²) in [5.74, 6) is 0. The number of aromatic nitrogens is 2. The van der Waals surface area contributed by atoms with Crippen molar-refractivity contribution in [1.82, 2.24) is 14.9 Å². The first kappa shape index (κ1) is 9.93. The fraction of sp³-hybridized carbons (Fsp3) is 0.250. The largest absolute Gasteiger partial charge is 0.316 e. The van der Waals surface area contributed by atoms with Crippen LogP contribution in [0.4, 0.5) is 0 Å². The molecule has 0 radical (unpaired) electrons. The van der Waals surface area contributed by atoms with Crippen LogP contribution in [0.25, 0.3) is 5.69 Å². The molecule has 2 aromatic rings. The molecule has 0 aliphatic carbocycles. The average Bonchev–Trinajstić information content (AvgIpc) is 2.66. The molecule has 0 amide bonds. The van der Waals surface area contributed by atoms with Gasteiger partial charge >= 0.3 is 0 Å². The average molecular weight is 201 g/mol. The molecule has 1 heterocycles. The quantitative estimate of drug-likeness (QED) is 0.822. The summed E-state index contributed by atoms with van der Waals surface area (Å²) in [5.41, 5.74) is 3.50. The van der Waals surface area contributed by atoms with Crippen LogP contribution in [0.3, 0.4) is 0 Å². The molecular weight excluding hydrogens is 186 g/mol. The molecule has 0 atom stereocenters. The van der Waals surface area contributed by atoms with E-state index in [-0.39, 0.29) is 0 Å². The molecule has 2 rings (SSSR count). The molecule has 15 heavy (non-hydrogen) atoms. The van der Waals surface area contributed by atoms with E-state index >= 15 is 0 Å². The third-order valence-electron chi connectivity index (χ3n) is 2.35. The van der Waals surface area contributed by atoms with Gasteiger partial charge in [-0.25, -0.2) is 4.98 Å². The smallest absolute Gasteiger partial charge is 0.0995 e. The van der Waals surface area contributed by atoms with Crippen molar-refractivity contribution in [3.8, 4) is 5.69 Å². The number of rotatable bonds is 3. The van der Waals surface area contributed by atoms with Crippen molar-refractivity contribution in [3.63, 3.8) is 0 Å².